The van der Waals surface area contributed by atoms with E-state index in [0.717, 1.165) is 30.6 Å². The van der Waals surface area contributed by atoms with Gasteiger partial charge in [-0.2, -0.15) is 0 Å². The third-order valence-corrected chi connectivity index (χ3v) is 3.53. The number of nitrogens with one attached hydrogen (secondary N) is 1. The SMILES string of the molecule is COCc1ccc(C(=O)NC2CCCc3occc32)o1. The van der Waals surface area contributed by atoms with Crippen LogP contribution in [0.25, 0.3) is 0 Å². The Kier molecular flexibility index (Phi) is 3.60. The van der Waals surface area contributed by atoms with Gasteiger partial charge in [-0.05, 0) is 31.0 Å². The number of amides is 1. The second-order valence-corrected chi connectivity index (χ2v) is 4.92. The maximum absolute atomic E-state index is 12.2. The first-order valence-corrected chi connectivity index (χ1v) is 6.72. The molecule has 1 aliphatic rings. The summed E-state index contributed by atoms with van der Waals surface area (Å²) in [5.74, 6) is 1.73. The van der Waals surface area contributed by atoms with Gasteiger partial charge in [0.05, 0.1) is 12.3 Å². The molecule has 0 aliphatic heterocycles. The van der Waals surface area contributed by atoms with E-state index in [4.69, 9.17) is 13.6 Å². The number of rotatable bonds is 4. The van der Waals surface area contributed by atoms with Gasteiger partial charge in [0.25, 0.3) is 5.91 Å². The predicted molar refractivity (Wildman–Crippen MR) is 71.3 cm³/mol. The summed E-state index contributed by atoms with van der Waals surface area (Å²) < 4.78 is 15.8. The molecule has 1 atom stereocenters. The second kappa shape index (κ2) is 5.54. The van der Waals surface area contributed by atoms with E-state index in [2.05, 4.69) is 5.32 Å². The first-order chi connectivity index (χ1) is 9.78. The summed E-state index contributed by atoms with van der Waals surface area (Å²) in [6.07, 6.45) is 4.55. The molecule has 0 fully saturated rings. The number of ether oxygens (including phenoxy) is 1. The minimum atomic E-state index is -0.202. The number of hydrogen-bond acceptors (Lipinski definition) is 4. The van der Waals surface area contributed by atoms with Crippen LogP contribution in [-0.2, 0) is 17.8 Å². The Balaban J connectivity index is 1.70. The quantitative estimate of drug-likeness (QED) is 0.931. The molecule has 106 valence electrons. The molecule has 0 bridgehead atoms. The summed E-state index contributed by atoms with van der Waals surface area (Å²) in [5, 5.41) is 3.00. The molecule has 2 aromatic rings. The van der Waals surface area contributed by atoms with Gasteiger partial charge in [0.1, 0.15) is 18.1 Å². The zero-order valence-corrected chi connectivity index (χ0v) is 11.3. The molecule has 2 heterocycles. The summed E-state index contributed by atoms with van der Waals surface area (Å²) in [5.41, 5.74) is 1.08. The van der Waals surface area contributed by atoms with Crippen molar-refractivity contribution < 1.29 is 18.4 Å². The Hall–Kier alpha value is -2.01. The van der Waals surface area contributed by atoms with E-state index in [0.29, 0.717) is 18.1 Å². The van der Waals surface area contributed by atoms with Crippen LogP contribution in [0, 0.1) is 0 Å². The molecular formula is C15H17NO4. The maximum Gasteiger partial charge on any atom is 0.287 e. The first kappa shape index (κ1) is 13.0. The summed E-state index contributed by atoms with van der Waals surface area (Å²) >= 11 is 0. The van der Waals surface area contributed by atoms with Gasteiger partial charge in [0.15, 0.2) is 5.76 Å². The van der Waals surface area contributed by atoms with Crippen LogP contribution in [-0.4, -0.2) is 13.0 Å². The summed E-state index contributed by atoms with van der Waals surface area (Å²) in [4.78, 5) is 12.2. The van der Waals surface area contributed by atoms with Crippen LogP contribution in [0.4, 0.5) is 0 Å². The van der Waals surface area contributed by atoms with E-state index in [1.165, 1.54) is 0 Å². The fraction of sp³-hybridized carbons (Fsp3) is 0.400. The van der Waals surface area contributed by atoms with E-state index >= 15 is 0 Å². The highest BCUT2D eigenvalue weighted by molar-refractivity contribution is 5.91. The summed E-state index contributed by atoms with van der Waals surface area (Å²) in [6, 6.07) is 5.35. The average Bonchev–Trinajstić information content (AvgIpc) is 3.08. The lowest BCUT2D eigenvalue weighted by Crippen LogP contribution is -2.30. The zero-order valence-electron chi connectivity index (χ0n) is 11.3. The molecule has 0 spiro atoms. The van der Waals surface area contributed by atoms with Gasteiger partial charge in [0.2, 0.25) is 0 Å². The summed E-state index contributed by atoms with van der Waals surface area (Å²) in [6.45, 7) is 0.364. The van der Waals surface area contributed by atoms with Crippen LogP contribution >= 0.6 is 0 Å². The van der Waals surface area contributed by atoms with Gasteiger partial charge >= 0.3 is 0 Å². The van der Waals surface area contributed by atoms with E-state index in [9.17, 15) is 4.79 Å². The van der Waals surface area contributed by atoms with Gasteiger partial charge in [-0.3, -0.25) is 4.79 Å². The molecule has 1 amide bonds. The molecule has 0 saturated heterocycles. The molecule has 0 radical (unpaired) electrons. The van der Waals surface area contributed by atoms with Gasteiger partial charge in [0, 0.05) is 19.1 Å². The van der Waals surface area contributed by atoms with E-state index in [1.807, 2.05) is 6.07 Å². The number of furan rings is 2. The molecule has 1 unspecified atom stereocenters. The van der Waals surface area contributed by atoms with Crippen molar-refractivity contribution in [3.8, 4) is 0 Å². The van der Waals surface area contributed by atoms with Gasteiger partial charge in [-0.25, -0.2) is 0 Å². The van der Waals surface area contributed by atoms with Crippen LogP contribution in [0.1, 0.15) is 46.5 Å². The monoisotopic (exact) mass is 275 g/mol. The average molecular weight is 275 g/mol. The van der Waals surface area contributed by atoms with Crippen LogP contribution < -0.4 is 5.32 Å². The van der Waals surface area contributed by atoms with Crippen molar-refractivity contribution in [1.29, 1.82) is 0 Å². The minimum Gasteiger partial charge on any atom is -0.469 e. The van der Waals surface area contributed by atoms with Crippen molar-refractivity contribution in [2.75, 3.05) is 7.11 Å². The Morgan fingerprint density at radius 2 is 2.35 bits per heavy atom. The largest absolute Gasteiger partial charge is 0.469 e. The first-order valence-electron chi connectivity index (χ1n) is 6.72. The summed E-state index contributed by atoms with van der Waals surface area (Å²) in [7, 11) is 1.59. The standard InChI is InChI=1S/C15H17NO4/c1-18-9-10-5-6-14(20-10)15(17)16-12-3-2-4-13-11(12)7-8-19-13/h5-8,12H,2-4,9H2,1H3,(H,16,17). The molecular weight excluding hydrogens is 258 g/mol. The molecule has 3 rings (SSSR count). The van der Waals surface area contributed by atoms with Crippen molar-refractivity contribution in [1.82, 2.24) is 5.32 Å². The Morgan fingerprint density at radius 3 is 3.20 bits per heavy atom. The van der Waals surface area contributed by atoms with Crippen LogP contribution in [0.15, 0.2) is 33.3 Å². The molecule has 0 saturated carbocycles. The van der Waals surface area contributed by atoms with Gasteiger partial charge < -0.3 is 18.9 Å². The van der Waals surface area contributed by atoms with Crippen LogP contribution in [0.3, 0.4) is 0 Å². The number of methoxy groups -OCH3 is 1. The molecule has 5 heteroatoms. The number of fused-ring (bicyclic) bond motifs is 1. The predicted octanol–water partition coefficient (Wildman–Crippen LogP) is 2.83. The van der Waals surface area contributed by atoms with E-state index in [1.54, 1.807) is 25.5 Å². The van der Waals surface area contributed by atoms with Crippen molar-refractivity contribution >= 4 is 5.91 Å². The van der Waals surface area contributed by atoms with E-state index in [-0.39, 0.29) is 11.9 Å². The Labute approximate surface area is 116 Å². The molecule has 0 aromatic carbocycles. The van der Waals surface area contributed by atoms with E-state index < -0.39 is 0 Å². The fourth-order valence-electron chi connectivity index (χ4n) is 2.59. The Bertz CT molecular complexity index is 599. The fourth-order valence-corrected chi connectivity index (χ4v) is 2.59. The number of carbonyl (C=O) groups excluding carboxylic acids is 1. The van der Waals surface area contributed by atoms with Crippen molar-refractivity contribution in [3.05, 3.63) is 47.3 Å². The molecule has 1 N–H and O–H groups in total. The normalized spacial score (nSPS) is 17.8. The zero-order chi connectivity index (χ0) is 13.9. The number of aryl methyl sites for hydroxylation is 1. The number of hydrogen-bond donors (Lipinski definition) is 1. The Morgan fingerprint density at radius 1 is 1.45 bits per heavy atom. The highest BCUT2D eigenvalue weighted by atomic mass is 16.5. The molecule has 20 heavy (non-hydrogen) atoms. The minimum absolute atomic E-state index is 0.000903. The third-order valence-electron chi connectivity index (χ3n) is 3.53. The molecule has 1 aliphatic carbocycles. The van der Waals surface area contributed by atoms with Crippen molar-refractivity contribution in [3.63, 3.8) is 0 Å². The van der Waals surface area contributed by atoms with Crippen LogP contribution in [0.2, 0.25) is 0 Å². The van der Waals surface area contributed by atoms with Gasteiger partial charge in [-0.15, -0.1) is 0 Å². The highest BCUT2D eigenvalue weighted by Gasteiger charge is 2.25. The molecule has 2 aromatic heterocycles. The lowest BCUT2D eigenvalue weighted by Gasteiger charge is -2.22. The third kappa shape index (κ3) is 2.49. The van der Waals surface area contributed by atoms with Crippen LogP contribution in [0.5, 0.6) is 0 Å². The lowest BCUT2D eigenvalue weighted by molar-refractivity contribution is 0.0895. The molecule has 5 nitrogen and oxygen atoms in total. The maximum atomic E-state index is 12.2. The van der Waals surface area contributed by atoms with Crippen molar-refractivity contribution in [2.45, 2.75) is 31.9 Å². The lowest BCUT2D eigenvalue weighted by atomic mass is 9.93. The van der Waals surface area contributed by atoms with Gasteiger partial charge in [-0.1, -0.05) is 0 Å². The highest BCUT2D eigenvalue weighted by Crippen LogP contribution is 2.30. The van der Waals surface area contributed by atoms with Crippen molar-refractivity contribution in [2.24, 2.45) is 0 Å². The smallest absolute Gasteiger partial charge is 0.287 e. The second-order valence-electron chi connectivity index (χ2n) is 4.92. The topological polar surface area (TPSA) is 64.6 Å². The number of carbonyl (C=O) groups is 1.